The Morgan fingerprint density at radius 1 is 0.966 bits per heavy atom. The van der Waals surface area contributed by atoms with E-state index in [-0.39, 0.29) is 17.2 Å². The van der Waals surface area contributed by atoms with Gasteiger partial charge in [0.2, 0.25) is 5.91 Å². The molecule has 2 aliphatic heterocycles. The van der Waals surface area contributed by atoms with Crippen LogP contribution in [0.1, 0.15) is 35.0 Å². The van der Waals surface area contributed by atoms with E-state index in [1.807, 2.05) is 27.3 Å². The summed E-state index contributed by atoms with van der Waals surface area (Å²) in [4.78, 5) is 32.3. The molecule has 2 fully saturated rings. The highest BCUT2D eigenvalue weighted by molar-refractivity contribution is 7.12. The van der Waals surface area contributed by atoms with Crippen molar-refractivity contribution >= 4 is 23.2 Å². The number of carbonyl (C=O) groups is 2. The van der Waals surface area contributed by atoms with Crippen LogP contribution in [0.2, 0.25) is 0 Å². The number of thiophene rings is 1. The monoisotopic (exact) mass is 411 g/mol. The lowest BCUT2D eigenvalue weighted by Crippen LogP contribution is -2.54. The summed E-state index contributed by atoms with van der Waals surface area (Å²) in [6.45, 7) is 7.16. The summed E-state index contributed by atoms with van der Waals surface area (Å²) in [5, 5.41) is 1.93. The molecule has 0 radical (unpaired) electrons. The summed E-state index contributed by atoms with van der Waals surface area (Å²) in [6, 6.07) is 14.4. The van der Waals surface area contributed by atoms with Gasteiger partial charge in [-0.3, -0.25) is 14.5 Å². The molecule has 2 saturated heterocycles. The standard InChI is InChI=1S/C23H29N3O2S/c1-23(19-7-3-2-4-8-19)10-6-11-24(18-23)17-21(27)25-12-14-26(15-13-25)22(28)20-9-5-16-29-20/h2-5,7-9,16H,6,10-15,17-18H2,1H3. The summed E-state index contributed by atoms with van der Waals surface area (Å²) in [5.41, 5.74) is 1.46. The second-order valence-corrected chi connectivity index (χ2v) is 9.34. The van der Waals surface area contributed by atoms with Crippen molar-refractivity contribution in [1.82, 2.24) is 14.7 Å². The molecule has 1 aromatic heterocycles. The minimum absolute atomic E-state index is 0.0850. The highest BCUT2D eigenvalue weighted by atomic mass is 32.1. The lowest BCUT2D eigenvalue weighted by Gasteiger charge is -2.42. The van der Waals surface area contributed by atoms with Crippen LogP contribution in [-0.2, 0) is 10.2 Å². The number of nitrogens with zero attached hydrogens (tertiary/aromatic N) is 3. The Bertz CT molecular complexity index is 831. The Labute approximate surface area is 176 Å². The van der Waals surface area contributed by atoms with E-state index in [9.17, 15) is 9.59 Å². The maximum absolute atomic E-state index is 12.9. The first-order valence-corrected chi connectivity index (χ1v) is 11.3. The van der Waals surface area contributed by atoms with E-state index in [0.717, 1.165) is 30.8 Å². The van der Waals surface area contributed by atoms with Gasteiger partial charge in [-0.2, -0.15) is 0 Å². The van der Waals surface area contributed by atoms with Crippen molar-refractivity contribution in [3.63, 3.8) is 0 Å². The van der Waals surface area contributed by atoms with E-state index in [2.05, 4.69) is 42.2 Å². The molecule has 2 amide bonds. The van der Waals surface area contributed by atoms with Gasteiger partial charge >= 0.3 is 0 Å². The Balaban J connectivity index is 1.30. The van der Waals surface area contributed by atoms with Crippen LogP contribution in [0.4, 0.5) is 0 Å². The molecule has 0 N–H and O–H groups in total. The quantitative estimate of drug-likeness (QED) is 0.777. The van der Waals surface area contributed by atoms with E-state index in [1.165, 1.54) is 16.9 Å². The Kier molecular flexibility index (Phi) is 6.01. The van der Waals surface area contributed by atoms with Gasteiger partial charge in [-0.25, -0.2) is 0 Å². The number of hydrogen-bond donors (Lipinski definition) is 0. The average molecular weight is 412 g/mol. The number of piperazine rings is 1. The van der Waals surface area contributed by atoms with Gasteiger partial charge in [0.15, 0.2) is 0 Å². The van der Waals surface area contributed by atoms with Crippen LogP contribution in [0.3, 0.4) is 0 Å². The summed E-state index contributed by atoms with van der Waals surface area (Å²) in [7, 11) is 0. The van der Waals surface area contributed by atoms with Gasteiger partial charge in [-0.05, 0) is 36.4 Å². The van der Waals surface area contributed by atoms with Gasteiger partial charge in [0, 0.05) is 38.1 Å². The van der Waals surface area contributed by atoms with Gasteiger partial charge in [-0.1, -0.05) is 43.3 Å². The first-order valence-electron chi connectivity index (χ1n) is 10.4. The van der Waals surface area contributed by atoms with Crippen LogP contribution in [-0.4, -0.2) is 72.3 Å². The fraction of sp³-hybridized carbons (Fsp3) is 0.478. The first kappa shape index (κ1) is 20.1. The molecule has 0 saturated carbocycles. The third-order valence-electron chi connectivity index (χ3n) is 6.26. The number of piperidine rings is 1. The fourth-order valence-electron chi connectivity index (χ4n) is 4.56. The highest BCUT2D eigenvalue weighted by Crippen LogP contribution is 2.33. The Hall–Kier alpha value is -2.18. The van der Waals surface area contributed by atoms with Gasteiger partial charge in [-0.15, -0.1) is 11.3 Å². The van der Waals surface area contributed by atoms with E-state index in [4.69, 9.17) is 0 Å². The van der Waals surface area contributed by atoms with Crippen molar-refractivity contribution < 1.29 is 9.59 Å². The molecule has 2 aliphatic rings. The molecule has 5 nitrogen and oxygen atoms in total. The maximum Gasteiger partial charge on any atom is 0.264 e. The summed E-state index contributed by atoms with van der Waals surface area (Å²) in [6.07, 6.45) is 2.27. The van der Waals surface area contributed by atoms with Gasteiger partial charge in [0.25, 0.3) is 5.91 Å². The lowest BCUT2D eigenvalue weighted by atomic mass is 9.76. The number of likely N-dealkylation sites (tertiary alicyclic amines) is 1. The Morgan fingerprint density at radius 3 is 2.38 bits per heavy atom. The average Bonchev–Trinajstić information content (AvgIpc) is 3.29. The zero-order valence-electron chi connectivity index (χ0n) is 17.0. The second-order valence-electron chi connectivity index (χ2n) is 8.39. The second kappa shape index (κ2) is 8.67. The maximum atomic E-state index is 12.9. The SMILES string of the molecule is CC1(c2ccccc2)CCCN(CC(=O)N2CCN(C(=O)c3cccs3)CC2)C1. The van der Waals surface area contributed by atoms with Crippen molar-refractivity contribution in [2.75, 3.05) is 45.8 Å². The van der Waals surface area contributed by atoms with Crippen molar-refractivity contribution in [2.24, 2.45) is 0 Å². The zero-order chi connectivity index (χ0) is 20.3. The molecule has 1 atom stereocenters. The van der Waals surface area contributed by atoms with Crippen LogP contribution >= 0.6 is 11.3 Å². The third-order valence-corrected chi connectivity index (χ3v) is 7.11. The molecular formula is C23H29N3O2S. The molecule has 3 heterocycles. The first-order chi connectivity index (χ1) is 14.0. The van der Waals surface area contributed by atoms with Crippen molar-refractivity contribution in [3.8, 4) is 0 Å². The number of rotatable bonds is 4. The third kappa shape index (κ3) is 4.54. The van der Waals surface area contributed by atoms with Gasteiger partial charge in [0.1, 0.15) is 0 Å². The van der Waals surface area contributed by atoms with Crippen LogP contribution in [0, 0.1) is 0 Å². The van der Waals surface area contributed by atoms with Crippen LogP contribution in [0.5, 0.6) is 0 Å². The van der Waals surface area contributed by atoms with Crippen LogP contribution < -0.4 is 0 Å². The molecule has 0 bridgehead atoms. The highest BCUT2D eigenvalue weighted by Gasteiger charge is 2.34. The summed E-state index contributed by atoms with van der Waals surface area (Å²) >= 11 is 1.47. The zero-order valence-corrected chi connectivity index (χ0v) is 17.9. The molecule has 0 spiro atoms. The molecule has 154 valence electrons. The molecular weight excluding hydrogens is 382 g/mol. The van der Waals surface area contributed by atoms with E-state index < -0.39 is 0 Å². The lowest BCUT2D eigenvalue weighted by molar-refractivity contribution is -0.134. The minimum atomic E-state index is 0.0850. The van der Waals surface area contributed by atoms with Gasteiger partial charge < -0.3 is 9.80 Å². The largest absolute Gasteiger partial charge is 0.338 e. The summed E-state index contributed by atoms with van der Waals surface area (Å²) < 4.78 is 0. The van der Waals surface area contributed by atoms with E-state index >= 15 is 0 Å². The minimum Gasteiger partial charge on any atom is -0.338 e. The van der Waals surface area contributed by atoms with Crippen LogP contribution in [0.15, 0.2) is 47.8 Å². The van der Waals surface area contributed by atoms with Crippen molar-refractivity contribution in [1.29, 1.82) is 0 Å². The molecule has 1 aromatic carbocycles. The molecule has 6 heteroatoms. The smallest absolute Gasteiger partial charge is 0.264 e. The molecule has 0 aliphatic carbocycles. The molecule has 4 rings (SSSR count). The number of hydrogen-bond acceptors (Lipinski definition) is 4. The van der Waals surface area contributed by atoms with Gasteiger partial charge in [0.05, 0.1) is 11.4 Å². The predicted octanol–water partition coefficient (Wildman–Crippen LogP) is 3.09. The van der Waals surface area contributed by atoms with E-state index in [1.54, 1.807) is 0 Å². The predicted molar refractivity (Wildman–Crippen MR) is 116 cm³/mol. The topological polar surface area (TPSA) is 43.9 Å². The molecule has 2 aromatic rings. The number of amides is 2. The van der Waals surface area contributed by atoms with Crippen LogP contribution in [0.25, 0.3) is 0 Å². The molecule has 1 unspecified atom stereocenters. The van der Waals surface area contributed by atoms with E-state index in [0.29, 0.717) is 32.7 Å². The van der Waals surface area contributed by atoms with Crippen molar-refractivity contribution in [3.05, 3.63) is 58.3 Å². The molecule has 29 heavy (non-hydrogen) atoms. The van der Waals surface area contributed by atoms with Crippen molar-refractivity contribution in [2.45, 2.75) is 25.2 Å². The number of carbonyl (C=O) groups excluding carboxylic acids is 2. The Morgan fingerprint density at radius 2 is 1.69 bits per heavy atom. The summed E-state index contributed by atoms with van der Waals surface area (Å²) in [5.74, 6) is 0.271. The normalized spacial score (nSPS) is 23.2. The number of benzene rings is 1. The fourth-order valence-corrected chi connectivity index (χ4v) is 5.25.